The average Bonchev–Trinajstić information content (AvgIpc) is 3.11. The summed E-state index contributed by atoms with van der Waals surface area (Å²) in [4.78, 5) is 4.78. The Bertz CT molecular complexity index is 2260. The van der Waals surface area contributed by atoms with Crippen molar-refractivity contribution in [1.82, 2.24) is 0 Å². The Morgan fingerprint density at radius 3 is 1.98 bits per heavy atom. The fourth-order valence-electron chi connectivity index (χ4n) is 7.35. The number of hydrogen-bond acceptors (Lipinski definition) is 3. The number of para-hydroxylation sites is 2. The van der Waals surface area contributed by atoms with Crippen LogP contribution in [0, 0.1) is 0 Å². The minimum Gasteiger partial charge on any atom is -0.451 e. The van der Waals surface area contributed by atoms with Gasteiger partial charge in [0.25, 0.3) is 0 Å². The Balaban J connectivity index is 1.31. The van der Waals surface area contributed by atoms with Crippen LogP contribution in [0.2, 0.25) is 0 Å². The predicted molar refractivity (Wildman–Crippen MR) is 191 cm³/mol. The third-order valence-corrected chi connectivity index (χ3v) is 9.61. The van der Waals surface area contributed by atoms with Gasteiger partial charge in [-0.2, -0.15) is 0 Å². The van der Waals surface area contributed by atoms with Crippen LogP contribution in [-0.2, 0) is 5.41 Å². The molecule has 0 aliphatic carbocycles. The third-order valence-electron chi connectivity index (χ3n) is 9.61. The fraction of sp³-hybridized carbons (Fsp3) is 0.0698. The molecule has 2 aliphatic heterocycles. The lowest BCUT2D eigenvalue weighted by Crippen LogP contribution is -2.33. The SMILES string of the molecule is CC1(C)c2ccccc2N2c3c1ccc(N(c1ccccc1)c1ccc(-c4ccccc4)cc1)c3Oc1ccc3ccccc3c12. The Kier molecular flexibility index (Phi) is 5.85. The first-order valence-corrected chi connectivity index (χ1v) is 15.9. The molecule has 0 bridgehead atoms. The van der Waals surface area contributed by atoms with E-state index < -0.39 is 0 Å². The van der Waals surface area contributed by atoms with Crippen LogP contribution in [0.25, 0.3) is 21.9 Å². The second-order valence-corrected chi connectivity index (χ2v) is 12.6. The zero-order chi connectivity index (χ0) is 30.8. The zero-order valence-corrected chi connectivity index (χ0v) is 25.8. The molecular formula is C43H32N2O. The second-order valence-electron chi connectivity index (χ2n) is 12.6. The van der Waals surface area contributed by atoms with Crippen molar-refractivity contribution >= 4 is 44.9 Å². The molecule has 3 nitrogen and oxygen atoms in total. The molecule has 0 N–H and O–H groups in total. The van der Waals surface area contributed by atoms with Crippen molar-refractivity contribution in [2.75, 3.05) is 9.80 Å². The van der Waals surface area contributed by atoms with Crippen LogP contribution in [0.15, 0.2) is 158 Å². The Morgan fingerprint density at radius 1 is 0.522 bits per heavy atom. The van der Waals surface area contributed by atoms with Gasteiger partial charge in [0, 0.05) is 22.2 Å². The van der Waals surface area contributed by atoms with Crippen LogP contribution in [0.4, 0.5) is 34.1 Å². The lowest BCUT2D eigenvalue weighted by Gasteiger charge is -2.46. The van der Waals surface area contributed by atoms with Crippen molar-refractivity contribution in [2.24, 2.45) is 0 Å². The highest BCUT2D eigenvalue weighted by Crippen LogP contribution is 2.63. The van der Waals surface area contributed by atoms with E-state index in [1.165, 1.54) is 38.7 Å². The van der Waals surface area contributed by atoms with Gasteiger partial charge in [0.05, 0.1) is 22.7 Å². The molecule has 2 heterocycles. The summed E-state index contributed by atoms with van der Waals surface area (Å²) in [6.45, 7) is 4.66. The first-order chi connectivity index (χ1) is 22.6. The van der Waals surface area contributed by atoms with Crippen molar-refractivity contribution in [2.45, 2.75) is 19.3 Å². The molecule has 0 radical (unpaired) electrons. The van der Waals surface area contributed by atoms with Gasteiger partial charge in [-0.3, -0.25) is 0 Å². The maximum Gasteiger partial charge on any atom is 0.175 e. The summed E-state index contributed by atoms with van der Waals surface area (Å²) in [7, 11) is 0. The summed E-state index contributed by atoms with van der Waals surface area (Å²) in [6.07, 6.45) is 0. The molecular weight excluding hydrogens is 560 g/mol. The van der Waals surface area contributed by atoms with Gasteiger partial charge in [-0.1, -0.05) is 129 Å². The summed E-state index contributed by atoms with van der Waals surface area (Å²) < 4.78 is 7.11. The molecule has 0 saturated heterocycles. The van der Waals surface area contributed by atoms with Crippen molar-refractivity contribution in [3.8, 4) is 22.6 Å². The Labute approximate surface area is 269 Å². The molecule has 220 valence electrons. The Morgan fingerprint density at radius 2 is 1.17 bits per heavy atom. The highest BCUT2D eigenvalue weighted by molar-refractivity contribution is 6.07. The second kappa shape index (κ2) is 10.1. The van der Waals surface area contributed by atoms with Gasteiger partial charge in [-0.25, -0.2) is 0 Å². The van der Waals surface area contributed by atoms with Gasteiger partial charge in [0.1, 0.15) is 0 Å². The molecule has 7 aromatic carbocycles. The largest absolute Gasteiger partial charge is 0.451 e. The molecule has 46 heavy (non-hydrogen) atoms. The number of anilines is 6. The van der Waals surface area contributed by atoms with Crippen LogP contribution in [0.5, 0.6) is 11.5 Å². The molecule has 0 amide bonds. The minimum atomic E-state index is -0.226. The van der Waals surface area contributed by atoms with Crippen molar-refractivity contribution < 1.29 is 4.74 Å². The highest BCUT2D eigenvalue weighted by atomic mass is 16.5. The van der Waals surface area contributed by atoms with Crippen LogP contribution in [0.3, 0.4) is 0 Å². The molecule has 7 aromatic rings. The smallest absolute Gasteiger partial charge is 0.175 e. The van der Waals surface area contributed by atoms with E-state index >= 15 is 0 Å². The molecule has 0 aromatic heterocycles. The molecule has 0 spiro atoms. The maximum atomic E-state index is 7.11. The van der Waals surface area contributed by atoms with E-state index in [0.717, 1.165) is 39.9 Å². The summed E-state index contributed by atoms with van der Waals surface area (Å²) >= 11 is 0. The van der Waals surface area contributed by atoms with Gasteiger partial charge >= 0.3 is 0 Å². The van der Waals surface area contributed by atoms with E-state index in [2.05, 4.69) is 181 Å². The lowest BCUT2D eigenvalue weighted by atomic mass is 9.73. The number of benzene rings is 7. The normalized spacial score (nSPS) is 13.7. The zero-order valence-electron chi connectivity index (χ0n) is 25.8. The number of fused-ring (bicyclic) bond motifs is 6. The van der Waals surface area contributed by atoms with Gasteiger partial charge in [-0.15, -0.1) is 0 Å². The van der Waals surface area contributed by atoms with E-state index in [9.17, 15) is 0 Å². The standard InChI is InChI=1S/C43H32N2O/c1-43(2)35-19-11-12-20-37(35)45-40-34-18-10-9-15-31(34)23-28-39(40)46-42-38(27-26-36(43)41(42)45)44(32-16-7-4-8-17-32)33-24-21-30(22-25-33)29-13-5-3-6-14-29/h3-28H,1-2H3. The number of rotatable bonds is 4. The van der Waals surface area contributed by atoms with E-state index in [-0.39, 0.29) is 5.41 Å². The van der Waals surface area contributed by atoms with E-state index in [0.29, 0.717) is 0 Å². The summed E-state index contributed by atoms with van der Waals surface area (Å²) in [5, 5.41) is 2.37. The van der Waals surface area contributed by atoms with Crippen molar-refractivity contribution in [3.05, 3.63) is 169 Å². The summed E-state index contributed by atoms with van der Waals surface area (Å²) in [5.74, 6) is 1.71. The molecule has 2 aliphatic rings. The lowest BCUT2D eigenvalue weighted by molar-refractivity contribution is 0.473. The fourth-order valence-corrected chi connectivity index (χ4v) is 7.35. The van der Waals surface area contributed by atoms with Crippen LogP contribution in [-0.4, -0.2) is 0 Å². The van der Waals surface area contributed by atoms with Crippen LogP contribution < -0.4 is 14.5 Å². The Hall–Kier alpha value is -5.80. The van der Waals surface area contributed by atoms with Crippen LogP contribution >= 0.6 is 0 Å². The molecule has 0 fully saturated rings. The van der Waals surface area contributed by atoms with Gasteiger partial charge in [0.15, 0.2) is 11.5 Å². The minimum absolute atomic E-state index is 0.226. The first-order valence-electron chi connectivity index (χ1n) is 15.9. The number of ether oxygens (including phenoxy) is 1. The molecule has 3 heteroatoms. The van der Waals surface area contributed by atoms with Crippen molar-refractivity contribution in [1.29, 1.82) is 0 Å². The summed E-state index contributed by atoms with van der Waals surface area (Å²) in [5.41, 5.74) is 11.2. The quantitative estimate of drug-likeness (QED) is 0.202. The molecule has 0 saturated carbocycles. The molecule has 0 unspecified atom stereocenters. The number of hydrogen-bond donors (Lipinski definition) is 0. The number of nitrogens with zero attached hydrogens (tertiary/aromatic N) is 2. The molecule has 0 atom stereocenters. The summed E-state index contributed by atoms with van der Waals surface area (Å²) in [6, 6.07) is 56.2. The predicted octanol–water partition coefficient (Wildman–Crippen LogP) is 12.2. The topological polar surface area (TPSA) is 15.7 Å². The van der Waals surface area contributed by atoms with Gasteiger partial charge < -0.3 is 14.5 Å². The van der Waals surface area contributed by atoms with E-state index in [1.54, 1.807) is 0 Å². The average molecular weight is 593 g/mol. The maximum absolute atomic E-state index is 7.11. The van der Waals surface area contributed by atoms with Crippen molar-refractivity contribution in [3.63, 3.8) is 0 Å². The third kappa shape index (κ3) is 3.92. The van der Waals surface area contributed by atoms with E-state index in [1.807, 2.05) is 0 Å². The van der Waals surface area contributed by atoms with Crippen LogP contribution in [0.1, 0.15) is 25.0 Å². The molecule has 9 rings (SSSR count). The monoisotopic (exact) mass is 592 g/mol. The van der Waals surface area contributed by atoms with E-state index in [4.69, 9.17) is 4.74 Å². The van der Waals surface area contributed by atoms with Gasteiger partial charge in [0.2, 0.25) is 0 Å². The highest BCUT2D eigenvalue weighted by Gasteiger charge is 2.43. The first kappa shape index (κ1) is 26.6. The van der Waals surface area contributed by atoms with Gasteiger partial charge in [-0.05, 0) is 70.1 Å².